The standard InChI is InChI=1S/C21H19Br2ClO3/c1-21(2,3)8-7-16-18(17-14(24)5-4-6-15(17)27-16)19(25)11-9-12(22)20(26)13(23)10-11/h4-6,9-10,26H,7-8H2,1-3H3. The molecule has 142 valence electrons. The van der Waals surface area contributed by atoms with E-state index >= 15 is 0 Å². The van der Waals surface area contributed by atoms with E-state index in [9.17, 15) is 9.90 Å². The number of aryl methyl sites for hydroxylation is 1. The van der Waals surface area contributed by atoms with Gasteiger partial charge in [-0.05, 0) is 68.0 Å². The number of fused-ring (bicyclic) bond motifs is 1. The van der Waals surface area contributed by atoms with Crippen LogP contribution in [0.15, 0.2) is 43.7 Å². The zero-order valence-electron chi connectivity index (χ0n) is 15.2. The van der Waals surface area contributed by atoms with Crippen LogP contribution in [0.4, 0.5) is 0 Å². The maximum absolute atomic E-state index is 13.4. The fourth-order valence-electron chi connectivity index (χ4n) is 2.90. The molecule has 0 radical (unpaired) electrons. The Bertz CT molecular complexity index is 1010. The topological polar surface area (TPSA) is 50.4 Å². The minimum absolute atomic E-state index is 0.0505. The van der Waals surface area contributed by atoms with Crippen LogP contribution < -0.4 is 0 Å². The molecule has 2 aromatic carbocycles. The van der Waals surface area contributed by atoms with Crippen molar-refractivity contribution in [1.29, 1.82) is 0 Å². The van der Waals surface area contributed by atoms with Crippen molar-refractivity contribution in [2.45, 2.75) is 33.6 Å². The SMILES string of the molecule is CC(C)(C)CCc1oc2cccc(Cl)c2c1C(=O)c1cc(Br)c(O)c(Br)c1. The first-order chi connectivity index (χ1) is 12.6. The van der Waals surface area contributed by atoms with Gasteiger partial charge in [-0.2, -0.15) is 0 Å². The van der Waals surface area contributed by atoms with Gasteiger partial charge in [0.05, 0.1) is 24.9 Å². The molecule has 27 heavy (non-hydrogen) atoms. The molecule has 3 nitrogen and oxygen atoms in total. The van der Waals surface area contributed by atoms with E-state index in [0.717, 1.165) is 6.42 Å². The molecule has 1 aromatic heterocycles. The summed E-state index contributed by atoms with van der Waals surface area (Å²) in [7, 11) is 0. The molecule has 0 fully saturated rings. The van der Waals surface area contributed by atoms with E-state index in [1.807, 2.05) is 12.1 Å². The van der Waals surface area contributed by atoms with Crippen molar-refractivity contribution in [3.8, 4) is 5.75 Å². The summed E-state index contributed by atoms with van der Waals surface area (Å²) < 4.78 is 6.90. The van der Waals surface area contributed by atoms with Crippen molar-refractivity contribution < 1.29 is 14.3 Å². The number of carbonyl (C=O) groups is 1. The average molecular weight is 515 g/mol. The Hall–Kier alpha value is -1.30. The molecular weight excluding hydrogens is 495 g/mol. The van der Waals surface area contributed by atoms with Gasteiger partial charge in [0, 0.05) is 12.0 Å². The van der Waals surface area contributed by atoms with Crippen LogP contribution >= 0.6 is 43.5 Å². The molecule has 6 heteroatoms. The van der Waals surface area contributed by atoms with Crippen molar-refractivity contribution >= 4 is 60.2 Å². The highest BCUT2D eigenvalue weighted by Crippen LogP contribution is 2.38. The highest BCUT2D eigenvalue weighted by atomic mass is 79.9. The molecule has 0 aliphatic rings. The van der Waals surface area contributed by atoms with Crippen LogP contribution in [0.1, 0.15) is 48.9 Å². The lowest BCUT2D eigenvalue weighted by molar-refractivity contribution is 0.103. The van der Waals surface area contributed by atoms with Gasteiger partial charge in [0.15, 0.2) is 5.78 Å². The lowest BCUT2D eigenvalue weighted by Crippen LogP contribution is -2.09. The number of aromatic hydroxyl groups is 1. The third kappa shape index (κ3) is 4.25. The molecule has 0 atom stereocenters. The highest BCUT2D eigenvalue weighted by molar-refractivity contribution is 9.11. The first-order valence-electron chi connectivity index (χ1n) is 8.51. The van der Waals surface area contributed by atoms with Gasteiger partial charge >= 0.3 is 0 Å². The number of furan rings is 1. The second kappa shape index (κ2) is 7.61. The summed E-state index contributed by atoms with van der Waals surface area (Å²) >= 11 is 13.0. The van der Waals surface area contributed by atoms with Crippen molar-refractivity contribution in [3.63, 3.8) is 0 Å². The molecule has 0 aliphatic carbocycles. The fraction of sp³-hybridized carbons (Fsp3) is 0.286. The van der Waals surface area contributed by atoms with E-state index in [0.29, 0.717) is 48.2 Å². The van der Waals surface area contributed by atoms with E-state index in [2.05, 4.69) is 52.6 Å². The van der Waals surface area contributed by atoms with E-state index in [1.165, 1.54) is 0 Å². The Morgan fingerprint density at radius 2 is 1.81 bits per heavy atom. The van der Waals surface area contributed by atoms with Gasteiger partial charge in [0.1, 0.15) is 17.1 Å². The van der Waals surface area contributed by atoms with E-state index in [-0.39, 0.29) is 16.9 Å². The first-order valence-corrected chi connectivity index (χ1v) is 10.5. The third-order valence-electron chi connectivity index (χ3n) is 4.35. The van der Waals surface area contributed by atoms with Crippen LogP contribution in [-0.2, 0) is 6.42 Å². The smallest absolute Gasteiger partial charge is 0.197 e. The molecule has 0 saturated carbocycles. The molecule has 1 heterocycles. The van der Waals surface area contributed by atoms with Gasteiger partial charge < -0.3 is 9.52 Å². The number of carbonyl (C=O) groups excluding carboxylic acids is 1. The predicted octanol–water partition coefficient (Wildman–Crippen LogP) is 7.53. The Kier molecular flexibility index (Phi) is 5.76. The quantitative estimate of drug-likeness (QED) is 0.366. The molecule has 3 aromatic rings. The van der Waals surface area contributed by atoms with Gasteiger partial charge in [-0.1, -0.05) is 38.4 Å². The minimum Gasteiger partial charge on any atom is -0.506 e. The number of benzene rings is 2. The first kappa shape index (κ1) is 20.4. The van der Waals surface area contributed by atoms with Gasteiger partial charge in [-0.3, -0.25) is 4.79 Å². The van der Waals surface area contributed by atoms with Crippen LogP contribution in [0.25, 0.3) is 11.0 Å². The summed E-state index contributed by atoms with van der Waals surface area (Å²) in [6.07, 6.45) is 1.50. The zero-order chi connectivity index (χ0) is 19.9. The average Bonchev–Trinajstić information content (AvgIpc) is 2.96. The van der Waals surface area contributed by atoms with Gasteiger partial charge in [-0.25, -0.2) is 0 Å². The van der Waals surface area contributed by atoms with Crippen LogP contribution in [-0.4, -0.2) is 10.9 Å². The Morgan fingerprint density at radius 1 is 1.19 bits per heavy atom. The highest BCUT2D eigenvalue weighted by Gasteiger charge is 2.26. The summed E-state index contributed by atoms with van der Waals surface area (Å²) in [5.74, 6) is 0.500. The maximum atomic E-state index is 13.4. The maximum Gasteiger partial charge on any atom is 0.197 e. The van der Waals surface area contributed by atoms with Crippen molar-refractivity contribution in [2.75, 3.05) is 0 Å². The van der Waals surface area contributed by atoms with Crippen molar-refractivity contribution in [3.05, 3.63) is 61.2 Å². The van der Waals surface area contributed by atoms with E-state index in [1.54, 1.807) is 18.2 Å². The summed E-state index contributed by atoms with van der Waals surface area (Å²) in [5.41, 5.74) is 1.63. The van der Waals surface area contributed by atoms with E-state index < -0.39 is 0 Å². The van der Waals surface area contributed by atoms with Crippen LogP contribution in [0.3, 0.4) is 0 Å². The number of rotatable bonds is 4. The molecule has 0 bridgehead atoms. The number of phenolic OH excluding ortho intramolecular Hbond substituents is 1. The second-order valence-electron chi connectivity index (χ2n) is 7.69. The van der Waals surface area contributed by atoms with Crippen LogP contribution in [0, 0.1) is 5.41 Å². The van der Waals surface area contributed by atoms with Crippen molar-refractivity contribution in [1.82, 2.24) is 0 Å². The lowest BCUT2D eigenvalue weighted by Gasteiger charge is -2.17. The molecule has 0 unspecified atom stereocenters. The molecule has 0 amide bonds. The fourth-order valence-corrected chi connectivity index (χ4v) is 4.35. The molecule has 0 saturated heterocycles. The molecule has 1 N–H and O–H groups in total. The summed E-state index contributed by atoms with van der Waals surface area (Å²) in [4.78, 5) is 13.4. The number of hydrogen-bond acceptors (Lipinski definition) is 3. The number of hydrogen-bond donors (Lipinski definition) is 1. The number of phenols is 1. The summed E-state index contributed by atoms with van der Waals surface area (Å²) in [6.45, 7) is 6.45. The van der Waals surface area contributed by atoms with Crippen LogP contribution in [0.2, 0.25) is 5.02 Å². The molecule has 0 spiro atoms. The van der Waals surface area contributed by atoms with Gasteiger partial charge in [-0.15, -0.1) is 0 Å². The number of halogens is 3. The normalized spacial score (nSPS) is 11.9. The summed E-state index contributed by atoms with van der Waals surface area (Å²) in [6, 6.07) is 8.59. The Morgan fingerprint density at radius 3 is 2.41 bits per heavy atom. The zero-order valence-corrected chi connectivity index (χ0v) is 19.1. The van der Waals surface area contributed by atoms with Gasteiger partial charge in [0.25, 0.3) is 0 Å². The van der Waals surface area contributed by atoms with Crippen molar-refractivity contribution in [2.24, 2.45) is 5.41 Å². The molecular formula is C21H19Br2ClO3. The second-order valence-corrected chi connectivity index (χ2v) is 9.81. The minimum atomic E-state index is -0.188. The predicted molar refractivity (Wildman–Crippen MR) is 116 cm³/mol. The monoisotopic (exact) mass is 512 g/mol. The van der Waals surface area contributed by atoms with Gasteiger partial charge in [0.2, 0.25) is 0 Å². The lowest BCUT2D eigenvalue weighted by atomic mass is 9.88. The Labute approximate surface area is 180 Å². The summed E-state index contributed by atoms with van der Waals surface area (Å²) in [5, 5.41) is 11.1. The number of ketones is 1. The Balaban J connectivity index is 2.17. The van der Waals surface area contributed by atoms with E-state index in [4.69, 9.17) is 16.0 Å². The third-order valence-corrected chi connectivity index (χ3v) is 5.87. The molecule has 0 aliphatic heterocycles. The van der Waals surface area contributed by atoms with Crippen LogP contribution in [0.5, 0.6) is 5.75 Å². The molecule has 3 rings (SSSR count). The largest absolute Gasteiger partial charge is 0.506 e.